The Hall–Kier alpha value is -2.58. The second-order valence-electron chi connectivity index (χ2n) is 6.98. The molecule has 1 amide bonds. The van der Waals surface area contributed by atoms with Gasteiger partial charge in [0.25, 0.3) is 5.91 Å². The van der Waals surface area contributed by atoms with E-state index in [2.05, 4.69) is 0 Å². The molecule has 1 aliphatic heterocycles. The summed E-state index contributed by atoms with van der Waals surface area (Å²) >= 11 is 0. The third-order valence-corrected chi connectivity index (χ3v) is 6.93. The zero-order valence-corrected chi connectivity index (χ0v) is 17.4. The smallest absolute Gasteiger partial charge is 0.263 e. The van der Waals surface area contributed by atoms with Gasteiger partial charge in [-0.1, -0.05) is 19.1 Å². The number of benzene rings is 2. The van der Waals surface area contributed by atoms with Gasteiger partial charge in [0.05, 0.1) is 4.90 Å². The predicted octanol–water partition coefficient (Wildman–Crippen LogP) is 2.25. The van der Waals surface area contributed by atoms with Crippen LogP contribution >= 0.6 is 0 Å². The van der Waals surface area contributed by atoms with E-state index in [4.69, 9.17) is 4.74 Å². The maximum atomic E-state index is 12.8. The van der Waals surface area contributed by atoms with Crippen molar-refractivity contribution in [1.82, 2.24) is 9.21 Å². The van der Waals surface area contributed by atoms with Crippen LogP contribution in [0.4, 0.5) is 0 Å². The Labute approximate surface area is 171 Å². The molecule has 156 valence electrons. The Morgan fingerprint density at radius 2 is 1.62 bits per heavy atom. The molecule has 7 nitrogen and oxygen atoms in total. The first-order valence-corrected chi connectivity index (χ1v) is 11.1. The van der Waals surface area contributed by atoms with E-state index in [1.165, 1.54) is 16.4 Å². The van der Waals surface area contributed by atoms with Gasteiger partial charge in [-0.2, -0.15) is 4.31 Å². The highest BCUT2D eigenvalue weighted by Gasteiger charge is 2.32. The lowest BCUT2D eigenvalue weighted by atomic mass is 10.2. The number of phenolic OH excluding ortho intramolecular Hbond substituents is 1. The van der Waals surface area contributed by atoms with Crippen molar-refractivity contribution in [3.8, 4) is 11.5 Å². The SMILES string of the molecule is CCc1ccc(S(=O)(=O)N2CCN(C(=O)C(C)Oc3ccc(O)cc3)CC2)cc1. The number of piperazine rings is 1. The van der Waals surface area contributed by atoms with Crippen LogP contribution in [-0.2, 0) is 21.2 Å². The standard InChI is InChI=1S/C21H26N2O5S/c1-3-17-4-10-20(11-5-17)29(26,27)23-14-12-22(13-15-23)21(25)16(2)28-19-8-6-18(24)7-9-19/h4-11,16,24H,3,12-15H2,1-2H3. The van der Waals surface area contributed by atoms with Gasteiger partial charge in [-0.05, 0) is 55.3 Å². The molecule has 2 aromatic rings. The number of hydrogen-bond acceptors (Lipinski definition) is 5. The van der Waals surface area contributed by atoms with Gasteiger partial charge in [0, 0.05) is 26.2 Å². The summed E-state index contributed by atoms with van der Waals surface area (Å²) in [7, 11) is -3.57. The molecule has 1 aliphatic rings. The molecule has 1 fully saturated rings. The molecule has 2 aromatic carbocycles. The Balaban J connectivity index is 1.58. The highest BCUT2D eigenvalue weighted by Crippen LogP contribution is 2.20. The minimum Gasteiger partial charge on any atom is -0.508 e. The Bertz CT molecular complexity index is 934. The molecule has 8 heteroatoms. The summed E-state index contributed by atoms with van der Waals surface area (Å²) in [5, 5.41) is 9.32. The van der Waals surface area contributed by atoms with Crippen molar-refractivity contribution in [2.24, 2.45) is 0 Å². The van der Waals surface area contributed by atoms with Crippen molar-refractivity contribution in [3.05, 3.63) is 54.1 Å². The number of rotatable bonds is 6. The minimum atomic E-state index is -3.57. The van der Waals surface area contributed by atoms with E-state index in [1.54, 1.807) is 36.1 Å². The highest BCUT2D eigenvalue weighted by molar-refractivity contribution is 7.89. The summed E-state index contributed by atoms with van der Waals surface area (Å²) < 4.78 is 32.7. The maximum Gasteiger partial charge on any atom is 0.263 e. The van der Waals surface area contributed by atoms with Crippen LogP contribution in [0.1, 0.15) is 19.4 Å². The van der Waals surface area contributed by atoms with Crippen molar-refractivity contribution in [2.75, 3.05) is 26.2 Å². The van der Waals surface area contributed by atoms with Crippen LogP contribution in [-0.4, -0.2) is 60.9 Å². The van der Waals surface area contributed by atoms with Crippen molar-refractivity contribution in [1.29, 1.82) is 0 Å². The van der Waals surface area contributed by atoms with Crippen LogP contribution in [0, 0.1) is 0 Å². The second kappa shape index (κ2) is 8.84. The van der Waals surface area contributed by atoms with Gasteiger partial charge in [0.2, 0.25) is 10.0 Å². The molecule has 1 saturated heterocycles. The van der Waals surface area contributed by atoms with Gasteiger partial charge in [-0.15, -0.1) is 0 Å². The molecule has 1 heterocycles. The second-order valence-corrected chi connectivity index (χ2v) is 8.92. The number of amides is 1. The van der Waals surface area contributed by atoms with E-state index >= 15 is 0 Å². The zero-order valence-electron chi connectivity index (χ0n) is 16.6. The monoisotopic (exact) mass is 418 g/mol. The quantitative estimate of drug-likeness (QED) is 0.778. The summed E-state index contributed by atoms with van der Waals surface area (Å²) in [6.45, 7) is 4.80. The summed E-state index contributed by atoms with van der Waals surface area (Å²) in [5.41, 5.74) is 1.09. The molecule has 0 aromatic heterocycles. The molecule has 0 bridgehead atoms. The lowest BCUT2D eigenvalue weighted by molar-refractivity contribution is -0.139. The number of aromatic hydroxyl groups is 1. The minimum absolute atomic E-state index is 0.123. The lowest BCUT2D eigenvalue weighted by Gasteiger charge is -2.35. The number of aryl methyl sites for hydroxylation is 1. The Morgan fingerprint density at radius 3 is 2.17 bits per heavy atom. The van der Waals surface area contributed by atoms with Crippen LogP contribution in [0.15, 0.2) is 53.4 Å². The fourth-order valence-electron chi connectivity index (χ4n) is 3.23. The van der Waals surface area contributed by atoms with Gasteiger partial charge in [0.1, 0.15) is 11.5 Å². The molecule has 0 saturated carbocycles. The van der Waals surface area contributed by atoms with E-state index in [-0.39, 0.29) is 29.6 Å². The van der Waals surface area contributed by atoms with E-state index in [9.17, 15) is 18.3 Å². The van der Waals surface area contributed by atoms with Gasteiger partial charge < -0.3 is 14.7 Å². The van der Waals surface area contributed by atoms with E-state index in [0.29, 0.717) is 18.8 Å². The maximum absolute atomic E-state index is 12.8. The van der Waals surface area contributed by atoms with Crippen LogP contribution < -0.4 is 4.74 Å². The van der Waals surface area contributed by atoms with Gasteiger partial charge in [-0.25, -0.2) is 8.42 Å². The average molecular weight is 419 g/mol. The first-order valence-electron chi connectivity index (χ1n) is 9.65. The summed E-state index contributed by atoms with van der Waals surface area (Å²) in [6.07, 6.45) is 0.148. The molecule has 3 rings (SSSR count). The first-order chi connectivity index (χ1) is 13.8. The molecule has 0 aliphatic carbocycles. The third-order valence-electron chi connectivity index (χ3n) is 5.02. The fourth-order valence-corrected chi connectivity index (χ4v) is 4.65. The van der Waals surface area contributed by atoms with Crippen LogP contribution in [0.5, 0.6) is 11.5 Å². The third kappa shape index (κ3) is 4.89. The molecular weight excluding hydrogens is 392 g/mol. The van der Waals surface area contributed by atoms with Crippen molar-refractivity contribution < 1.29 is 23.1 Å². The summed E-state index contributed by atoms with van der Waals surface area (Å²) in [4.78, 5) is 14.5. The van der Waals surface area contributed by atoms with E-state index in [0.717, 1.165) is 12.0 Å². The predicted molar refractivity (Wildman–Crippen MR) is 109 cm³/mol. The number of hydrogen-bond donors (Lipinski definition) is 1. The zero-order chi connectivity index (χ0) is 21.0. The lowest BCUT2D eigenvalue weighted by Crippen LogP contribution is -2.53. The largest absolute Gasteiger partial charge is 0.508 e. The fraction of sp³-hybridized carbons (Fsp3) is 0.381. The van der Waals surface area contributed by atoms with E-state index < -0.39 is 16.1 Å². The molecule has 0 radical (unpaired) electrons. The molecule has 0 spiro atoms. The highest BCUT2D eigenvalue weighted by atomic mass is 32.2. The number of carbonyl (C=O) groups is 1. The van der Waals surface area contributed by atoms with Crippen molar-refractivity contribution in [2.45, 2.75) is 31.3 Å². The number of sulfonamides is 1. The van der Waals surface area contributed by atoms with Crippen LogP contribution in [0.3, 0.4) is 0 Å². The molecular formula is C21H26N2O5S. The normalized spacial score (nSPS) is 16.4. The van der Waals surface area contributed by atoms with Gasteiger partial charge >= 0.3 is 0 Å². The average Bonchev–Trinajstić information content (AvgIpc) is 2.75. The van der Waals surface area contributed by atoms with Gasteiger partial charge in [0.15, 0.2) is 6.10 Å². The molecule has 1 atom stereocenters. The molecule has 29 heavy (non-hydrogen) atoms. The van der Waals surface area contributed by atoms with Crippen LogP contribution in [0.25, 0.3) is 0 Å². The number of nitrogens with zero attached hydrogens (tertiary/aromatic N) is 2. The summed E-state index contributed by atoms with van der Waals surface area (Å²) in [5.74, 6) is 0.417. The van der Waals surface area contributed by atoms with Crippen molar-refractivity contribution in [3.63, 3.8) is 0 Å². The van der Waals surface area contributed by atoms with Crippen LogP contribution in [0.2, 0.25) is 0 Å². The first kappa shape index (κ1) is 21.1. The number of phenols is 1. The topological polar surface area (TPSA) is 87.2 Å². The van der Waals surface area contributed by atoms with Crippen molar-refractivity contribution >= 4 is 15.9 Å². The number of carbonyl (C=O) groups excluding carboxylic acids is 1. The Kier molecular flexibility index (Phi) is 6.44. The van der Waals surface area contributed by atoms with E-state index in [1.807, 2.05) is 19.1 Å². The molecule has 1 N–H and O–H groups in total. The summed E-state index contributed by atoms with van der Waals surface area (Å²) in [6, 6.07) is 13.1. The molecule has 1 unspecified atom stereocenters. The Morgan fingerprint density at radius 1 is 1.03 bits per heavy atom. The number of ether oxygens (including phenoxy) is 1. The van der Waals surface area contributed by atoms with Gasteiger partial charge in [-0.3, -0.25) is 4.79 Å².